The molecule has 1 N–H and O–H groups in total. The van der Waals surface area contributed by atoms with Crippen LogP contribution in [0.2, 0.25) is 5.02 Å². The van der Waals surface area contributed by atoms with Gasteiger partial charge in [0, 0.05) is 11.2 Å². The lowest BCUT2D eigenvalue weighted by atomic mass is 10.2. The molecule has 1 amide bonds. The standard InChI is InChI=1S/C19H14BrClN4O3/c20-15-10-25(9-12-1-4-14(21)5-2-12)24-18(15)19(26)23-22-8-13-3-6-16-17(7-13)28-11-27-16/h1-8,10H,9,11H2,(H,23,26)/b22-8-. The van der Waals surface area contributed by atoms with Crippen LogP contribution in [0.4, 0.5) is 0 Å². The molecular weight excluding hydrogens is 448 g/mol. The SMILES string of the molecule is O=C(N/N=C\c1ccc2c(c1)OCO2)c1nn(Cc2ccc(Cl)cc2)cc1Br. The largest absolute Gasteiger partial charge is 0.454 e. The number of hydrogen-bond donors (Lipinski definition) is 1. The number of hydrogen-bond acceptors (Lipinski definition) is 5. The molecule has 0 unspecified atom stereocenters. The molecule has 2 aromatic carbocycles. The third kappa shape index (κ3) is 4.18. The predicted molar refractivity (Wildman–Crippen MR) is 108 cm³/mol. The number of halogens is 2. The van der Waals surface area contributed by atoms with Gasteiger partial charge in [0.1, 0.15) is 0 Å². The van der Waals surface area contributed by atoms with E-state index in [1.54, 1.807) is 23.0 Å². The first kappa shape index (κ1) is 18.5. The highest BCUT2D eigenvalue weighted by Crippen LogP contribution is 2.31. The molecule has 2 heterocycles. The van der Waals surface area contributed by atoms with Crippen LogP contribution in [-0.2, 0) is 6.54 Å². The lowest BCUT2D eigenvalue weighted by molar-refractivity contribution is 0.0948. The maximum Gasteiger partial charge on any atom is 0.293 e. The number of hydrazone groups is 1. The first-order valence-electron chi connectivity index (χ1n) is 8.29. The molecule has 3 aromatic rings. The lowest BCUT2D eigenvalue weighted by Gasteiger charge is -2.02. The smallest absolute Gasteiger partial charge is 0.293 e. The number of nitrogens with one attached hydrogen (secondary N) is 1. The summed E-state index contributed by atoms with van der Waals surface area (Å²) in [6.07, 6.45) is 3.27. The van der Waals surface area contributed by atoms with E-state index in [1.165, 1.54) is 6.21 Å². The molecule has 1 aromatic heterocycles. The van der Waals surface area contributed by atoms with E-state index in [0.29, 0.717) is 27.5 Å². The molecule has 0 fully saturated rings. The van der Waals surface area contributed by atoms with Crippen molar-refractivity contribution in [3.63, 3.8) is 0 Å². The topological polar surface area (TPSA) is 77.7 Å². The fraction of sp³-hybridized carbons (Fsp3) is 0.105. The van der Waals surface area contributed by atoms with Crippen LogP contribution in [0.1, 0.15) is 21.6 Å². The van der Waals surface area contributed by atoms with E-state index in [4.69, 9.17) is 21.1 Å². The summed E-state index contributed by atoms with van der Waals surface area (Å²) in [4.78, 5) is 12.4. The van der Waals surface area contributed by atoms with Gasteiger partial charge in [-0.1, -0.05) is 23.7 Å². The minimum Gasteiger partial charge on any atom is -0.454 e. The van der Waals surface area contributed by atoms with Gasteiger partial charge in [0.05, 0.1) is 17.2 Å². The second-order valence-electron chi connectivity index (χ2n) is 5.96. The van der Waals surface area contributed by atoms with Crippen LogP contribution in [0.5, 0.6) is 11.5 Å². The van der Waals surface area contributed by atoms with Crippen LogP contribution in [0.3, 0.4) is 0 Å². The third-order valence-electron chi connectivity index (χ3n) is 3.97. The summed E-state index contributed by atoms with van der Waals surface area (Å²) in [5.41, 5.74) is 4.52. The molecule has 142 valence electrons. The number of fused-ring (bicyclic) bond motifs is 1. The number of nitrogens with zero attached hydrogens (tertiary/aromatic N) is 3. The summed E-state index contributed by atoms with van der Waals surface area (Å²) in [6, 6.07) is 12.8. The molecule has 9 heteroatoms. The van der Waals surface area contributed by atoms with Crippen molar-refractivity contribution in [2.24, 2.45) is 5.10 Å². The molecule has 0 aliphatic carbocycles. The van der Waals surface area contributed by atoms with Gasteiger partial charge < -0.3 is 9.47 Å². The molecule has 0 atom stereocenters. The molecule has 0 saturated heterocycles. The van der Waals surface area contributed by atoms with Gasteiger partial charge in [0.15, 0.2) is 17.2 Å². The Morgan fingerprint density at radius 1 is 1.25 bits per heavy atom. The molecule has 0 saturated carbocycles. The number of carbonyl (C=O) groups is 1. The van der Waals surface area contributed by atoms with Crippen LogP contribution >= 0.6 is 27.5 Å². The fourth-order valence-corrected chi connectivity index (χ4v) is 3.24. The molecule has 4 rings (SSSR count). The van der Waals surface area contributed by atoms with E-state index in [1.807, 2.05) is 30.3 Å². The van der Waals surface area contributed by atoms with Crippen molar-refractivity contribution < 1.29 is 14.3 Å². The van der Waals surface area contributed by atoms with Gasteiger partial charge in [-0.3, -0.25) is 9.48 Å². The number of benzene rings is 2. The average molecular weight is 462 g/mol. The van der Waals surface area contributed by atoms with Crippen molar-refractivity contribution in [2.45, 2.75) is 6.54 Å². The normalized spacial score (nSPS) is 12.5. The Morgan fingerprint density at radius 2 is 2.04 bits per heavy atom. The number of ether oxygens (including phenoxy) is 2. The Balaban J connectivity index is 1.40. The summed E-state index contributed by atoms with van der Waals surface area (Å²) in [7, 11) is 0. The highest BCUT2D eigenvalue weighted by atomic mass is 79.9. The van der Waals surface area contributed by atoms with Crippen LogP contribution in [-0.4, -0.2) is 28.7 Å². The minimum absolute atomic E-state index is 0.208. The molecule has 0 spiro atoms. The van der Waals surface area contributed by atoms with Crippen LogP contribution in [0.15, 0.2) is 58.2 Å². The first-order chi connectivity index (χ1) is 13.6. The molecule has 1 aliphatic heterocycles. The zero-order valence-electron chi connectivity index (χ0n) is 14.4. The van der Waals surface area contributed by atoms with Gasteiger partial charge in [-0.25, -0.2) is 5.43 Å². The van der Waals surface area contributed by atoms with Crippen molar-refractivity contribution in [2.75, 3.05) is 6.79 Å². The highest BCUT2D eigenvalue weighted by Gasteiger charge is 2.15. The monoisotopic (exact) mass is 460 g/mol. The summed E-state index contributed by atoms with van der Waals surface area (Å²) in [5, 5.41) is 8.97. The Morgan fingerprint density at radius 3 is 2.86 bits per heavy atom. The van der Waals surface area contributed by atoms with Gasteiger partial charge in [-0.2, -0.15) is 10.2 Å². The van der Waals surface area contributed by atoms with Gasteiger partial charge in [0.2, 0.25) is 6.79 Å². The van der Waals surface area contributed by atoms with Crippen molar-refractivity contribution >= 4 is 39.7 Å². The van der Waals surface area contributed by atoms with Crippen molar-refractivity contribution in [3.05, 3.63) is 75.0 Å². The first-order valence-corrected chi connectivity index (χ1v) is 9.46. The van der Waals surface area contributed by atoms with Gasteiger partial charge in [-0.15, -0.1) is 0 Å². The molecule has 0 bridgehead atoms. The third-order valence-corrected chi connectivity index (χ3v) is 4.80. The number of rotatable bonds is 5. The fourth-order valence-electron chi connectivity index (χ4n) is 2.62. The number of amides is 1. The van der Waals surface area contributed by atoms with E-state index < -0.39 is 5.91 Å². The van der Waals surface area contributed by atoms with Gasteiger partial charge in [0.25, 0.3) is 5.91 Å². The summed E-state index contributed by atoms with van der Waals surface area (Å²) >= 11 is 9.26. The van der Waals surface area contributed by atoms with Crippen LogP contribution in [0.25, 0.3) is 0 Å². The van der Waals surface area contributed by atoms with E-state index in [2.05, 4.69) is 31.6 Å². The van der Waals surface area contributed by atoms with E-state index >= 15 is 0 Å². The molecule has 1 aliphatic rings. The molecular formula is C19H14BrClN4O3. The quantitative estimate of drug-likeness (QED) is 0.463. The van der Waals surface area contributed by atoms with Crippen molar-refractivity contribution in [3.8, 4) is 11.5 Å². The molecule has 28 heavy (non-hydrogen) atoms. The second kappa shape index (κ2) is 8.04. The van der Waals surface area contributed by atoms with Crippen LogP contribution in [0, 0.1) is 0 Å². The zero-order valence-corrected chi connectivity index (χ0v) is 16.8. The van der Waals surface area contributed by atoms with E-state index in [9.17, 15) is 4.79 Å². The Bertz CT molecular complexity index is 1050. The highest BCUT2D eigenvalue weighted by molar-refractivity contribution is 9.10. The Kier molecular flexibility index (Phi) is 5.31. The summed E-state index contributed by atoms with van der Waals surface area (Å²) in [5.74, 6) is 0.925. The van der Waals surface area contributed by atoms with Crippen molar-refractivity contribution in [1.82, 2.24) is 15.2 Å². The lowest BCUT2D eigenvalue weighted by Crippen LogP contribution is -2.19. The van der Waals surface area contributed by atoms with Crippen molar-refractivity contribution in [1.29, 1.82) is 0 Å². The second-order valence-corrected chi connectivity index (χ2v) is 7.25. The predicted octanol–water partition coefficient (Wildman–Crippen LogP) is 3.84. The zero-order chi connectivity index (χ0) is 19.5. The number of aromatic nitrogens is 2. The van der Waals surface area contributed by atoms with E-state index in [0.717, 1.165) is 11.1 Å². The number of carbonyl (C=O) groups excluding carboxylic acids is 1. The van der Waals surface area contributed by atoms with Gasteiger partial charge in [-0.05, 0) is 57.4 Å². The molecule has 0 radical (unpaired) electrons. The Labute approximate surface area is 174 Å². The Hall–Kier alpha value is -2.84. The minimum atomic E-state index is -0.418. The van der Waals surface area contributed by atoms with E-state index in [-0.39, 0.29) is 12.5 Å². The maximum atomic E-state index is 12.4. The maximum absolute atomic E-state index is 12.4. The summed E-state index contributed by atoms with van der Waals surface area (Å²) in [6.45, 7) is 0.725. The summed E-state index contributed by atoms with van der Waals surface area (Å²) < 4.78 is 12.8. The van der Waals surface area contributed by atoms with Gasteiger partial charge >= 0.3 is 0 Å². The average Bonchev–Trinajstić information content (AvgIpc) is 3.29. The van der Waals surface area contributed by atoms with Crippen LogP contribution < -0.4 is 14.9 Å². The molecule has 7 nitrogen and oxygen atoms in total.